The van der Waals surface area contributed by atoms with Gasteiger partial charge >= 0.3 is 0 Å². The van der Waals surface area contributed by atoms with Crippen LogP contribution in [-0.2, 0) is 42.6 Å². The van der Waals surface area contributed by atoms with Crippen LogP contribution in [0.1, 0.15) is 0 Å². The van der Waals surface area contributed by atoms with Crippen molar-refractivity contribution in [2.24, 2.45) is 0 Å². The maximum absolute atomic E-state index is 11.3. The Labute approximate surface area is 316 Å². The Hall–Kier alpha value is -1.04. The van der Waals surface area contributed by atoms with Crippen LogP contribution in [0.4, 0.5) is 0 Å². The standard InChI is InChI=1S/C30H52O26/c31-1-10-15(36)20(41)21(42)26(52-10)48-7-28(23(44)17(38)12(3-33)54-28)50-9-30(25(46)19(40)14(5-35)56-30)51-8-29(24(45)18(39)13(4-34)55-29)49-6-27(47)22(43)16(37)11(2-32)53-27/h10-26,31-47H,1-9H2/t10-,11+,12+,13+,14-,15-,16+,17+,18+,19-,20+,21-,22-,23-,24-,25+,26+,27+,28+,29+,30-/m1/s1. The third kappa shape index (κ3) is 8.21. The number of rotatable bonds is 17. The van der Waals surface area contributed by atoms with Crippen LogP contribution in [0.5, 0.6) is 0 Å². The minimum absolute atomic E-state index is 0.849. The Bertz CT molecular complexity index is 1270. The van der Waals surface area contributed by atoms with E-state index in [0.717, 1.165) is 0 Å². The van der Waals surface area contributed by atoms with E-state index in [1.54, 1.807) is 0 Å². The molecule has 0 saturated carbocycles. The zero-order chi connectivity index (χ0) is 41.5. The predicted octanol–water partition coefficient (Wildman–Crippen LogP) is -11.9. The van der Waals surface area contributed by atoms with Gasteiger partial charge in [-0.1, -0.05) is 0 Å². The van der Waals surface area contributed by atoms with Crippen molar-refractivity contribution < 1.29 is 129 Å². The van der Waals surface area contributed by atoms with Crippen LogP contribution in [0, 0.1) is 0 Å². The summed E-state index contributed by atoms with van der Waals surface area (Å²) in [5.74, 6) is -10.9. The molecule has 5 fully saturated rings. The van der Waals surface area contributed by atoms with Crippen LogP contribution in [0.25, 0.3) is 0 Å². The third-order valence-electron chi connectivity index (χ3n) is 10.6. The molecule has 5 aliphatic rings. The second-order valence-corrected chi connectivity index (χ2v) is 14.3. The predicted molar refractivity (Wildman–Crippen MR) is 167 cm³/mol. The average Bonchev–Trinajstić information content (AvgIpc) is 3.78. The van der Waals surface area contributed by atoms with Crippen molar-refractivity contribution in [3.05, 3.63) is 0 Å². The molecule has 5 heterocycles. The van der Waals surface area contributed by atoms with Crippen LogP contribution >= 0.6 is 0 Å². The Morgan fingerprint density at radius 1 is 0.375 bits per heavy atom. The Morgan fingerprint density at radius 3 is 1.11 bits per heavy atom. The van der Waals surface area contributed by atoms with E-state index in [4.69, 9.17) is 42.6 Å². The van der Waals surface area contributed by atoms with E-state index < -0.39 is 187 Å². The van der Waals surface area contributed by atoms with E-state index in [1.165, 1.54) is 0 Å². The first-order valence-electron chi connectivity index (χ1n) is 17.5. The molecule has 0 radical (unpaired) electrons. The molecule has 0 aromatic rings. The van der Waals surface area contributed by atoms with Gasteiger partial charge in [0.1, 0.15) is 124 Å². The molecule has 0 aromatic carbocycles. The number of ether oxygens (including phenoxy) is 9. The summed E-state index contributed by atoms with van der Waals surface area (Å²) in [6.45, 7) is -9.25. The zero-order valence-corrected chi connectivity index (χ0v) is 29.5. The summed E-state index contributed by atoms with van der Waals surface area (Å²) in [5.41, 5.74) is 0. The first-order valence-corrected chi connectivity index (χ1v) is 17.5. The minimum atomic E-state index is -2.79. The highest BCUT2D eigenvalue weighted by atomic mass is 16.8. The van der Waals surface area contributed by atoms with Crippen molar-refractivity contribution in [1.29, 1.82) is 0 Å². The highest BCUT2D eigenvalue weighted by Gasteiger charge is 2.64. The molecule has 5 aliphatic heterocycles. The summed E-state index contributed by atoms with van der Waals surface area (Å²) in [4.78, 5) is 0. The molecule has 5 saturated heterocycles. The van der Waals surface area contributed by atoms with Gasteiger partial charge in [-0.2, -0.15) is 0 Å². The summed E-state index contributed by atoms with van der Waals surface area (Å²) in [6.07, 6.45) is -31.7. The van der Waals surface area contributed by atoms with Crippen molar-refractivity contribution >= 4 is 0 Å². The maximum atomic E-state index is 11.3. The quantitative estimate of drug-likeness (QED) is 0.0647. The summed E-state index contributed by atoms with van der Waals surface area (Å²) in [6, 6.07) is 0. The lowest BCUT2D eigenvalue weighted by Gasteiger charge is -2.42. The molecule has 21 atom stereocenters. The van der Waals surface area contributed by atoms with E-state index in [1.807, 2.05) is 0 Å². The molecular weight excluding hydrogens is 776 g/mol. The second kappa shape index (κ2) is 17.9. The lowest BCUT2D eigenvalue weighted by atomic mass is 9.99. The fourth-order valence-corrected chi connectivity index (χ4v) is 7.07. The first kappa shape index (κ1) is 46.0. The van der Waals surface area contributed by atoms with Crippen molar-refractivity contribution in [2.75, 3.05) is 59.5 Å². The molecule has 26 nitrogen and oxygen atoms in total. The highest BCUT2D eigenvalue weighted by molar-refractivity contribution is 5.04. The van der Waals surface area contributed by atoms with Gasteiger partial charge in [-0.05, 0) is 0 Å². The molecule has 0 bridgehead atoms. The number of aliphatic hydroxyl groups excluding tert-OH is 16. The minimum Gasteiger partial charge on any atom is -0.394 e. The number of hydrogen-bond acceptors (Lipinski definition) is 26. The van der Waals surface area contributed by atoms with Gasteiger partial charge < -0.3 is 129 Å². The smallest absolute Gasteiger partial charge is 0.222 e. The lowest BCUT2D eigenvalue weighted by molar-refractivity contribution is -0.381. The monoisotopic (exact) mass is 828 g/mol. The molecule has 5 rings (SSSR count). The fraction of sp³-hybridized carbons (Fsp3) is 1.00. The lowest BCUT2D eigenvalue weighted by Crippen LogP contribution is -2.61. The summed E-state index contributed by atoms with van der Waals surface area (Å²) in [5, 5.41) is 176. The van der Waals surface area contributed by atoms with E-state index in [2.05, 4.69) is 0 Å². The van der Waals surface area contributed by atoms with Crippen LogP contribution in [0.15, 0.2) is 0 Å². The second-order valence-electron chi connectivity index (χ2n) is 14.3. The summed E-state index contributed by atoms with van der Waals surface area (Å²) < 4.78 is 50.1. The van der Waals surface area contributed by atoms with Crippen LogP contribution in [0.2, 0.25) is 0 Å². The van der Waals surface area contributed by atoms with E-state index in [0.29, 0.717) is 0 Å². The van der Waals surface area contributed by atoms with Gasteiger partial charge in [0.25, 0.3) is 0 Å². The van der Waals surface area contributed by atoms with E-state index in [9.17, 15) is 86.8 Å². The zero-order valence-electron chi connectivity index (χ0n) is 29.5. The molecule has 0 aliphatic carbocycles. The Morgan fingerprint density at radius 2 is 0.732 bits per heavy atom. The highest BCUT2D eigenvalue weighted by Crippen LogP contribution is 2.42. The van der Waals surface area contributed by atoms with Gasteiger partial charge in [0.05, 0.1) is 33.0 Å². The molecule has 328 valence electrons. The average molecular weight is 829 g/mol. The van der Waals surface area contributed by atoms with Gasteiger partial charge in [0.2, 0.25) is 23.1 Å². The Balaban J connectivity index is 1.43. The number of aliphatic hydroxyl groups is 17. The summed E-state index contributed by atoms with van der Waals surface area (Å²) >= 11 is 0. The SMILES string of the molecule is OC[C@@H]1O[C@](CO[C@H]2O[C@H](CO)[C@@H](O)[C@H](O)[C@H]2O)(OC[C@@]2(OC[C@]3(OC[C@]4(O)O[C@@H](CO)[C@H](O)[C@H]4O)O[C@@H](CO)[C@H](O)[C@H]3O)O[C@H](CO)[C@@H](O)[C@@H]2O)[C@H](O)[C@H]1O. The largest absolute Gasteiger partial charge is 0.394 e. The molecule has 0 unspecified atom stereocenters. The van der Waals surface area contributed by atoms with Crippen LogP contribution < -0.4 is 0 Å². The van der Waals surface area contributed by atoms with Crippen molar-refractivity contribution in [1.82, 2.24) is 0 Å². The van der Waals surface area contributed by atoms with E-state index >= 15 is 0 Å². The van der Waals surface area contributed by atoms with Crippen molar-refractivity contribution in [3.8, 4) is 0 Å². The Kier molecular flexibility index (Phi) is 14.7. The summed E-state index contributed by atoms with van der Waals surface area (Å²) in [7, 11) is 0. The van der Waals surface area contributed by atoms with Gasteiger partial charge in [-0.3, -0.25) is 0 Å². The maximum Gasteiger partial charge on any atom is 0.222 e. The van der Waals surface area contributed by atoms with Crippen molar-refractivity contribution in [2.45, 2.75) is 127 Å². The third-order valence-corrected chi connectivity index (χ3v) is 10.6. The number of hydrogen-bond donors (Lipinski definition) is 17. The van der Waals surface area contributed by atoms with Gasteiger partial charge in [0, 0.05) is 0 Å². The van der Waals surface area contributed by atoms with Gasteiger partial charge in [-0.25, -0.2) is 0 Å². The molecule has 26 heteroatoms. The van der Waals surface area contributed by atoms with Crippen LogP contribution in [-0.4, -0.2) is 273 Å². The van der Waals surface area contributed by atoms with Gasteiger partial charge in [0.15, 0.2) is 6.29 Å². The molecule has 56 heavy (non-hydrogen) atoms. The molecule has 0 amide bonds. The topological polar surface area (TPSA) is 427 Å². The van der Waals surface area contributed by atoms with E-state index in [-0.39, 0.29) is 0 Å². The molecular formula is C30H52O26. The molecule has 17 N–H and O–H groups in total. The molecule has 0 spiro atoms. The normalized spacial score (nSPS) is 52.3. The van der Waals surface area contributed by atoms with Crippen LogP contribution in [0.3, 0.4) is 0 Å². The first-order chi connectivity index (χ1) is 26.3. The van der Waals surface area contributed by atoms with Crippen molar-refractivity contribution in [3.63, 3.8) is 0 Å². The molecule has 0 aromatic heterocycles. The fourth-order valence-electron chi connectivity index (χ4n) is 7.07. The van der Waals surface area contributed by atoms with Gasteiger partial charge in [-0.15, -0.1) is 0 Å².